The molecule has 0 atom stereocenters. The van der Waals surface area contributed by atoms with E-state index in [9.17, 15) is 10.4 Å². The molecule has 20 heavy (non-hydrogen) atoms. The van der Waals surface area contributed by atoms with Gasteiger partial charge in [-0.05, 0) is 53.6 Å². The molecule has 0 saturated heterocycles. The van der Waals surface area contributed by atoms with Crippen LogP contribution in [-0.2, 0) is 0 Å². The fraction of sp³-hybridized carbons (Fsp3) is 0.118. The number of hydrogen-bond acceptors (Lipinski definition) is 3. The molecule has 0 amide bonds. The zero-order valence-corrected chi connectivity index (χ0v) is 11.5. The standard InChI is InChI=1S/C17H16N2O/c1-19(2)16-7-3-13(4-8-16)11-15(12-18)14-5-9-17(20)10-6-14/h3-11,20H,1-2H3. The van der Waals surface area contributed by atoms with Crippen molar-refractivity contribution in [1.82, 2.24) is 0 Å². The zero-order chi connectivity index (χ0) is 14.5. The van der Waals surface area contributed by atoms with Gasteiger partial charge in [-0.15, -0.1) is 0 Å². The van der Waals surface area contributed by atoms with E-state index < -0.39 is 0 Å². The molecule has 0 aliphatic rings. The van der Waals surface area contributed by atoms with Crippen LogP contribution < -0.4 is 4.90 Å². The van der Waals surface area contributed by atoms with E-state index in [1.165, 1.54) is 0 Å². The van der Waals surface area contributed by atoms with E-state index in [4.69, 9.17) is 0 Å². The lowest BCUT2D eigenvalue weighted by Gasteiger charge is -2.11. The largest absolute Gasteiger partial charge is 0.508 e. The van der Waals surface area contributed by atoms with Crippen LogP contribution in [0.3, 0.4) is 0 Å². The van der Waals surface area contributed by atoms with Gasteiger partial charge < -0.3 is 10.0 Å². The van der Waals surface area contributed by atoms with E-state index >= 15 is 0 Å². The monoisotopic (exact) mass is 264 g/mol. The topological polar surface area (TPSA) is 47.3 Å². The molecule has 0 bridgehead atoms. The number of nitrogens with zero attached hydrogens (tertiary/aromatic N) is 2. The second kappa shape index (κ2) is 5.94. The Balaban J connectivity index is 2.31. The predicted octanol–water partition coefficient (Wildman–Crippen LogP) is 3.52. The van der Waals surface area contributed by atoms with Crippen LogP contribution in [0.1, 0.15) is 11.1 Å². The summed E-state index contributed by atoms with van der Waals surface area (Å²) in [6.07, 6.45) is 1.84. The van der Waals surface area contributed by atoms with Crippen molar-refractivity contribution in [3.05, 3.63) is 59.7 Å². The second-order valence-corrected chi connectivity index (χ2v) is 4.70. The molecule has 1 N–H and O–H groups in total. The number of aromatic hydroxyl groups is 1. The number of anilines is 1. The second-order valence-electron chi connectivity index (χ2n) is 4.70. The Morgan fingerprint density at radius 2 is 1.65 bits per heavy atom. The minimum Gasteiger partial charge on any atom is -0.508 e. The molecule has 3 heteroatoms. The summed E-state index contributed by atoms with van der Waals surface area (Å²) in [5, 5.41) is 18.5. The summed E-state index contributed by atoms with van der Waals surface area (Å²) in [4.78, 5) is 2.03. The lowest BCUT2D eigenvalue weighted by Crippen LogP contribution is -2.07. The highest BCUT2D eigenvalue weighted by Crippen LogP contribution is 2.21. The maximum atomic E-state index is 9.28. The van der Waals surface area contributed by atoms with Gasteiger partial charge in [0.05, 0.1) is 11.6 Å². The van der Waals surface area contributed by atoms with Crippen LogP contribution in [0.15, 0.2) is 48.5 Å². The Morgan fingerprint density at radius 3 is 2.15 bits per heavy atom. The van der Waals surface area contributed by atoms with Gasteiger partial charge in [-0.2, -0.15) is 5.26 Å². The zero-order valence-electron chi connectivity index (χ0n) is 11.5. The molecule has 0 saturated carbocycles. The normalized spacial score (nSPS) is 10.9. The summed E-state index contributed by atoms with van der Waals surface area (Å²) in [5.74, 6) is 0.196. The first-order valence-corrected chi connectivity index (χ1v) is 6.29. The Kier molecular flexibility index (Phi) is 4.07. The molecule has 100 valence electrons. The molecule has 0 fully saturated rings. The summed E-state index contributed by atoms with van der Waals surface area (Å²) in [7, 11) is 3.98. The lowest BCUT2D eigenvalue weighted by atomic mass is 10.0. The fourth-order valence-corrected chi connectivity index (χ4v) is 1.86. The predicted molar refractivity (Wildman–Crippen MR) is 82.4 cm³/mol. The van der Waals surface area contributed by atoms with E-state index in [2.05, 4.69) is 6.07 Å². The number of benzene rings is 2. The van der Waals surface area contributed by atoms with Gasteiger partial charge in [0.2, 0.25) is 0 Å². The minimum atomic E-state index is 0.196. The quantitative estimate of drug-likeness (QED) is 0.681. The summed E-state index contributed by atoms with van der Waals surface area (Å²) >= 11 is 0. The van der Waals surface area contributed by atoms with Crippen LogP contribution in [0.5, 0.6) is 5.75 Å². The first-order valence-electron chi connectivity index (χ1n) is 6.29. The third-order valence-electron chi connectivity index (χ3n) is 3.02. The highest BCUT2D eigenvalue weighted by molar-refractivity contribution is 5.89. The Morgan fingerprint density at radius 1 is 1.05 bits per heavy atom. The number of phenols is 1. The molecule has 0 radical (unpaired) electrons. The third kappa shape index (κ3) is 3.18. The lowest BCUT2D eigenvalue weighted by molar-refractivity contribution is 0.475. The molecule has 0 aliphatic carbocycles. The van der Waals surface area contributed by atoms with Crippen molar-refractivity contribution >= 4 is 17.3 Å². The van der Waals surface area contributed by atoms with Crippen molar-refractivity contribution < 1.29 is 5.11 Å². The summed E-state index contributed by atoms with van der Waals surface area (Å²) in [6.45, 7) is 0. The minimum absolute atomic E-state index is 0.196. The molecule has 2 aromatic rings. The summed E-state index contributed by atoms with van der Waals surface area (Å²) in [5.41, 5.74) is 3.45. The molecule has 3 nitrogen and oxygen atoms in total. The Bertz CT molecular complexity index is 647. The SMILES string of the molecule is CN(C)c1ccc(C=C(C#N)c2ccc(O)cc2)cc1. The van der Waals surface area contributed by atoms with Crippen LogP contribution in [0.2, 0.25) is 0 Å². The van der Waals surface area contributed by atoms with E-state index in [1.807, 2.05) is 49.3 Å². The number of allylic oxidation sites excluding steroid dienone is 1. The van der Waals surface area contributed by atoms with Crippen LogP contribution >= 0.6 is 0 Å². The number of hydrogen-bond donors (Lipinski definition) is 1. The average molecular weight is 264 g/mol. The van der Waals surface area contributed by atoms with E-state index in [0.717, 1.165) is 16.8 Å². The van der Waals surface area contributed by atoms with Gasteiger partial charge >= 0.3 is 0 Å². The van der Waals surface area contributed by atoms with Crippen molar-refractivity contribution in [2.24, 2.45) is 0 Å². The first-order chi connectivity index (χ1) is 9.60. The average Bonchev–Trinajstić information content (AvgIpc) is 2.46. The van der Waals surface area contributed by atoms with Gasteiger partial charge in [0.25, 0.3) is 0 Å². The van der Waals surface area contributed by atoms with Crippen molar-refractivity contribution in [3.8, 4) is 11.8 Å². The molecular weight excluding hydrogens is 248 g/mol. The highest BCUT2D eigenvalue weighted by atomic mass is 16.3. The van der Waals surface area contributed by atoms with Crippen molar-refractivity contribution in [1.29, 1.82) is 5.26 Å². The van der Waals surface area contributed by atoms with Crippen LogP contribution in [-0.4, -0.2) is 19.2 Å². The Hall–Kier alpha value is -2.73. The van der Waals surface area contributed by atoms with Crippen molar-refractivity contribution in [2.45, 2.75) is 0 Å². The van der Waals surface area contributed by atoms with Gasteiger partial charge in [0.15, 0.2) is 0 Å². The number of phenolic OH excluding ortho intramolecular Hbond substituents is 1. The van der Waals surface area contributed by atoms with Crippen LogP contribution in [0.4, 0.5) is 5.69 Å². The molecule has 0 aromatic heterocycles. The maximum Gasteiger partial charge on any atom is 0.115 e. The van der Waals surface area contributed by atoms with Crippen LogP contribution in [0, 0.1) is 11.3 Å². The van der Waals surface area contributed by atoms with E-state index in [0.29, 0.717) is 5.57 Å². The summed E-state index contributed by atoms with van der Waals surface area (Å²) < 4.78 is 0. The first kappa shape index (κ1) is 13.7. The Labute approximate surface area is 119 Å². The van der Waals surface area contributed by atoms with Crippen molar-refractivity contribution in [2.75, 3.05) is 19.0 Å². The highest BCUT2D eigenvalue weighted by Gasteiger charge is 2.01. The van der Waals surface area contributed by atoms with Crippen molar-refractivity contribution in [3.63, 3.8) is 0 Å². The molecule has 0 aliphatic heterocycles. The fourth-order valence-electron chi connectivity index (χ4n) is 1.86. The maximum absolute atomic E-state index is 9.28. The van der Waals surface area contributed by atoms with Gasteiger partial charge in [-0.1, -0.05) is 12.1 Å². The molecule has 0 spiro atoms. The molecule has 0 heterocycles. The van der Waals surface area contributed by atoms with E-state index in [1.54, 1.807) is 24.3 Å². The van der Waals surface area contributed by atoms with E-state index in [-0.39, 0.29) is 5.75 Å². The number of nitriles is 1. The molecule has 2 rings (SSSR count). The van der Waals surface area contributed by atoms with Gasteiger partial charge in [-0.3, -0.25) is 0 Å². The van der Waals surface area contributed by atoms with Gasteiger partial charge in [0, 0.05) is 19.8 Å². The summed E-state index contributed by atoms with van der Waals surface area (Å²) in [6, 6.07) is 16.8. The van der Waals surface area contributed by atoms with Crippen LogP contribution in [0.25, 0.3) is 11.6 Å². The molecular formula is C17H16N2O. The molecule has 2 aromatic carbocycles. The smallest absolute Gasteiger partial charge is 0.115 e. The number of rotatable bonds is 3. The third-order valence-corrected chi connectivity index (χ3v) is 3.02. The molecule has 0 unspecified atom stereocenters. The van der Waals surface area contributed by atoms with Gasteiger partial charge in [-0.25, -0.2) is 0 Å². The van der Waals surface area contributed by atoms with Gasteiger partial charge in [0.1, 0.15) is 5.75 Å².